The Labute approximate surface area is 152 Å². The van der Waals surface area contributed by atoms with Crippen LogP contribution < -0.4 is 0 Å². The molecule has 4 heterocycles. The minimum atomic E-state index is 0.190. The summed E-state index contributed by atoms with van der Waals surface area (Å²) in [6.45, 7) is 3.42. The molecule has 1 amide bonds. The van der Waals surface area contributed by atoms with Crippen LogP contribution in [0, 0.1) is 5.92 Å². The fourth-order valence-electron chi connectivity index (χ4n) is 3.80. The summed E-state index contributed by atoms with van der Waals surface area (Å²) in [6.07, 6.45) is 13.7. The first-order valence-electron chi connectivity index (χ1n) is 9.18. The number of hydrogen-bond donors (Lipinski definition) is 0. The molecule has 0 bridgehead atoms. The lowest BCUT2D eigenvalue weighted by Crippen LogP contribution is -2.29. The standard InChI is InChI=1S/C20H23N5O/c1-15(26)24-7-2-4-16(5-9-24)10-17-11-18(13-21-12-17)19-14-23-20-22-6-3-8-25(19)20/h3,6,8,11-14,16H,2,4-5,7,9-10H2,1H3/t16-/m1/s1. The largest absolute Gasteiger partial charge is 0.343 e. The van der Waals surface area contributed by atoms with E-state index in [2.05, 4.69) is 21.0 Å². The van der Waals surface area contributed by atoms with Gasteiger partial charge in [-0.3, -0.25) is 14.2 Å². The minimum Gasteiger partial charge on any atom is -0.343 e. The first-order valence-corrected chi connectivity index (χ1v) is 9.18. The molecule has 1 aliphatic heterocycles. The number of pyridine rings is 1. The minimum absolute atomic E-state index is 0.190. The van der Waals surface area contributed by atoms with Gasteiger partial charge in [0.2, 0.25) is 11.7 Å². The zero-order valence-corrected chi connectivity index (χ0v) is 15.0. The second-order valence-corrected chi connectivity index (χ2v) is 7.02. The first kappa shape index (κ1) is 16.7. The van der Waals surface area contributed by atoms with Crippen LogP contribution in [-0.2, 0) is 11.2 Å². The van der Waals surface area contributed by atoms with E-state index in [9.17, 15) is 4.79 Å². The lowest BCUT2D eigenvalue weighted by Gasteiger charge is -2.18. The Balaban J connectivity index is 1.52. The van der Waals surface area contributed by atoms with Crippen LogP contribution in [0.1, 0.15) is 31.7 Å². The average molecular weight is 349 g/mol. The predicted molar refractivity (Wildman–Crippen MR) is 99.5 cm³/mol. The lowest BCUT2D eigenvalue weighted by molar-refractivity contribution is -0.128. The van der Waals surface area contributed by atoms with Crippen molar-refractivity contribution in [1.82, 2.24) is 24.3 Å². The van der Waals surface area contributed by atoms with E-state index in [4.69, 9.17) is 0 Å². The van der Waals surface area contributed by atoms with Crippen molar-refractivity contribution in [3.63, 3.8) is 0 Å². The summed E-state index contributed by atoms with van der Waals surface area (Å²) in [5, 5.41) is 0. The maximum Gasteiger partial charge on any atom is 0.234 e. The number of imidazole rings is 1. The molecule has 3 aromatic rings. The van der Waals surface area contributed by atoms with Crippen molar-refractivity contribution in [2.75, 3.05) is 13.1 Å². The fraction of sp³-hybridized carbons (Fsp3) is 0.400. The Morgan fingerprint density at radius 1 is 1.19 bits per heavy atom. The summed E-state index contributed by atoms with van der Waals surface area (Å²) in [6, 6.07) is 4.11. The zero-order valence-electron chi connectivity index (χ0n) is 15.0. The number of hydrogen-bond acceptors (Lipinski definition) is 4. The van der Waals surface area contributed by atoms with Gasteiger partial charge in [-0.2, -0.15) is 0 Å². The van der Waals surface area contributed by atoms with E-state index < -0.39 is 0 Å². The average Bonchev–Trinajstić information content (AvgIpc) is 2.94. The number of likely N-dealkylation sites (tertiary alicyclic amines) is 1. The molecule has 0 radical (unpaired) electrons. The molecule has 1 aliphatic rings. The molecule has 134 valence electrons. The third-order valence-electron chi connectivity index (χ3n) is 5.20. The predicted octanol–water partition coefficient (Wildman–Crippen LogP) is 2.98. The van der Waals surface area contributed by atoms with Crippen LogP contribution in [-0.4, -0.2) is 43.2 Å². The molecule has 6 nitrogen and oxygen atoms in total. The van der Waals surface area contributed by atoms with E-state index in [0.29, 0.717) is 11.7 Å². The highest BCUT2D eigenvalue weighted by Crippen LogP contribution is 2.25. The summed E-state index contributed by atoms with van der Waals surface area (Å²) in [5.74, 6) is 1.48. The van der Waals surface area contributed by atoms with E-state index in [1.54, 1.807) is 13.1 Å². The van der Waals surface area contributed by atoms with E-state index in [1.165, 1.54) is 5.56 Å². The second kappa shape index (κ2) is 7.23. The molecule has 6 heteroatoms. The molecule has 1 fully saturated rings. The second-order valence-electron chi connectivity index (χ2n) is 7.02. The van der Waals surface area contributed by atoms with Gasteiger partial charge in [-0.25, -0.2) is 9.97 Å². The molecule has 0 saturated carbocycles. The number of carbonyl (C=O) groups is 1. The molecule has 1 saturated heterocycles. The van der Waals surface area contributed by atoms with Gasteiger partial charge < -0.3 is 4.90 Å². The molecular weight excluding hydrogens is 326 g/mol. The number of aromatic nitrogens is 4. The summed E-state index contributed by atoms with van der Waals surface area (Å²) >= 11 is 0. The normalized spacial score (nSPS) is 18.0. The molecule has 3 aromatic heterocycles. The van der Waals surface area contributed by atoms with Crippen molar-refractivity contribution in [2.24, 2.45) is 5.92 Å². The van der Waals surface area contributed by atoms with E-state index in [1.807, 2.05) is 40.2 Å². The van der Waals surface area contributed by atoms with Gasteiger partial charge in [-0.1, -0.05) is 0 Å². The number of nitrogens with zero attached hydrogens (tertiary/aromatic N) is 5. The zero-order chi connectivity index (χ0) is 17.9. The number of fused-ring (bicyclic) bond motifs is 1. The van der Waals surface area contributed by atoms with Gasteiger partial charge in [0.05, 0.1) is 11.9 Å². The van der Waals surface area contributed by atoms with Gasteiger partial charge in [0.15, 0.2) is 0 Å². The van der Waals surface area contributed by atoms with Crippen molar-refractivity contribution in [1.29, 1.82) is 0 Å². The highest BCUT2D eigenvalue weighted by molar-refractivity contribution is 5.73. The smallest absolute Gasteiger partial charge is 0.234 e. The Hall–Kier alpha value is -2.76. The van der Waals surface area contributed by atoms with Crippen molar-refractivity contribution < 1.29 is 4.79 Å². The number of amides is 1. The molecule has 0 N–H and O–H groups in total. The van der Waals surface area contributed by atoms with Crippen LogP contribution in [0.3, 0.4) is 0 Å². The van der Waals surface area contributed by atoms with E-state index in [0.717, 1.165) is 50.0 Å². The highest BCUT2D eigenvalue weighted by atomic mass is 16.2. The van der Waals surface area contributed by atoms with Crippen molar-refractivity contribution in [2.45, 2.75) is 32.6 Å². The van der Waals surface area contributed by atoms with Crippen LogP contribution in [0.15, 0.2) is 43.1 Å². The SMILES string of the molecule is CC(=O)N1CCC[C@@H](Cc2cncc(-c3cnc4ncccn34)c2)CC1. The molecule has 26 heavy (non-hydrogen) atoms. The van der Waals surface area contributed by atoms with Crippen molar-refractivity contribution >= 4 is 11.7 Å². The highest BCUT2D eigenvalue weighted by Gasteiger charge is 2.19. The maximum atomic E-state index is 11.6. The summed E-state index contributed by atoms with van der Waals surface area (Å²) < 4.78 is 1.98. The molecule has 0 aliphatic carbocycles. The third kappa shape index (κ3) is 3.45. The van der Waals surface area contributed by atoms with Gasteiger partial charge in [-0.15, -0.1) is 0 Å². The van der Waals surface area contributed by atoms with Gasteiger partial charge in [0.1, 0.15) is 0 Å². The Morgan fingerprint density at radius 2 is 2.12 bits per heavy atom. The quantitative estimate of drug-likeness (QED) is 0.729. The van der Waals surface area contributed by atoms with E-state index >= 15 is 0 Å². The molecule has 0 unspecified atom stereocenters. The monoisotopic (exact) mass is 349 g/mol. The number of rotatable bonds is 3. The summed E-state index contributed by atoms with van der Waals surface area (Å²) in [7, 11) is 0. The van der Waals surface area contributed by atoms with Gasteiger partial charge in [-0.05, 0) is 49.3 Å². The van der Waals surface area contributed by atoms with Gasteiger partial charge in [0, 0.05) is 50.4 Å². The van der Waals surface area contributed by atoms with Crippen LogP contribution in [0.2, 0.25) is 0 Å². The van der Waals surface area contributed by atoms with Crippen LogP contribution in [0.4, 0.5) is 0 Å². The Bertz CT molecular complexity index is 919. The van der Waals surface area contributed by atoms with Gasteiger partial charge >= 0.3 is 0 Å². The maximum absolute atomic E-state index is 11.6. The van der Waals surface area contributed by atoms with Crippen molar-refractivity contribution in [3.8, 4) is 11.3 Å². The topological polar surface area (TPSA) is 63.4 Å². The first-order chi connectivity index (χ1) is 12.7. The summed E-state index contributed by atoms with van der Waals surface area (Å²) in [4.78, 5) is 26.7. The molecule has 4 rings (SSSR count). The molecule has 0 spiro atoms. The van der Waals surface area contributed by atoms with Crippen LogP contribution >= 0.6 is 0 Å². The third-order valence-corrected chi connectivity index (χ3v) is 5.20. The Morgan fingerprint density at radius 3 is 3.00 bits per heavy atom. The van der Waals surface area contributed by atoms with Crippen LogP contribution in [0.5, 0.6) is 0 Å². The fourth-order valence-corrected chi connectivity index (χ4v) is 3.80. The molecule has 1 atom stereocenters. The summed E-state index contributed by atoms with van der Waals surface area (Å²) in [5.41, 5.74) is 3.30. The van der Waals surface area contributed by atoms with Crippen molar-refractivity contribution in [3.05, 3.63) is 48.7 Å². The molecular formula is C20H23N5O. The van der Waals surface area contributed by atoms with E-state index in [-0.39, 0.29) is 5.91 Å². The Kier molecular flexibility index (Phi) is 4.65. The van der Waals surface area contributed by atoms with Crippen LogP contribution in [0.25, 0.3) is 17.0 Å². The molecule has 0 aromatic carbocycles. The van der Waals surface area contributed by atoms with Gasteiger partial charge in [0.25, 0.3) is 0 Å². The lowest BCUT2D eigenvalue weighted by atomic mass is 9.93. The number of carbonyl (C=O) groups excluding carboxylic acids is 1.